The summed E-state index contributed by atoms with van der Waals surface area (Å²) in [6, 6.07) is 13.9. The van der Waals surface area contributed by atoms with Crippen LogP contribution in [-0.2, 0) is 4.79 Å². The normalized spacial score (nSPS) is 9.82. The van der Waals surface area contributed by atoms with Gasteiger partial charge in [0.05, 0.1) is 0 Å². The van der Waals surface area contributed by atoms with Crippen molar-refractivity contribution in [2.45, 2.75) is 0 Å². The first-order valence-corrected chi connectivity index (χ1v) is 7.59. The van der Waals surface area contributed by atoms with E-state index < -0.39 is 0 Å². The van der Waals surface area contributed by atoms with Gasteiger partial charge in [0.25, 0.3) is 0 Å². The van der Waals surface area contributed by atoms with E-state index in [0.717, 1.165) is 26.3 Å². The minimum atomic E-state index is 0.403. The molecule has 0 bridgehead atoms. The van der Waals surface area contributed by atoms with Crippen molar-refractivity contribution in [3.63, 3.8) is 0 Å². The van der Waals surface area contributed by atoms with Gasteiger partial charge in [-0.1, -0.05) is 63.9 Å². The molecule has 4 nitrogen and oxygen atoms in total. The van der Waals surface area contributed by atoms with Crippen LogP contribution < -0.4 is 16.6 Å². The highest BCUT2D eigenvalue weighted by Crippen LogP contribution is 2.27. The van der Waals surface area contributed by atoms with Crippen LogP contribution in [0.1, 0.15) is 11.1 Å². The number of hydrogen-bond donors (Lipinski definition) is 3. The number of hydrazine groups is 1. The number of benzene rings is 2. The fourth-order valence-electron chi connectivity index (χ4n) is 1.71. The summed E-state index contributed by atoms with van der Waals surface area (Å²) >= 11 is 9.68. The molecule has 4 N–H and O–H groups in total. The number of anilines is 1. The predicted octanol–water partition coefficient (Wildman–Crippen LogP) is 3.92. The van der Waals surface area contributed by atoms with Crippen molar-refractivity contribution in [1.82, 2.24) is 5.43 Å². The van der Waals surface area contributed by atoms with E-state index in [1.54, 1.807) is 5.43 Å². The number of nitrogens with one attached hydrogen (secondary N) is 2. The van der Waals surface area contributed by atoms with Crippen molar-refractivity contribution in [1.29, 1.82) is 0 Å². The van der Waals surface area contributed by atoms with Crippen LogP contribution in [0.25, 0.3) is 12.2 Å². The van der Waals surface area contributed by atoms with Gasteiger partial charge in [0.1, 0.15) is 0 Å². The van der Waals surface area contributed by atoms with E-state index in [0.29, 0.717) is 6.41 Å². The highest BCUT2D eigenvalue weighted by molar-refractivity contribution is 9.10. The van der Waals surface area contributed by atoms with Crippen molar-refractivity contribution in [3.05, 3.63) is 63.1 Å². The van der Waals surface area contributed by atoms with Crippen LogP contribution >= 0.6 is 27.5 Å². The Bertz CT molecular complexity index is 647. The SMILES string of the molecule is CNc1cccc(Br)c1/C=C/c1ccccc1Cl.NNC=O. The van der Waals surface area contributed by atoms with E-state index in [-0.39, 0.29) is 0 Å². The number of amides is 1. The van der Waals surface area contributed by atoms with Crippen molar-refractivity contribution in [2.24, 2.45) is 5.84 Å². The number of carbonyl (C=O) groups is 1. The highest BCUT2D eigenvalue weighted by Gasteiger charge is 2.02. The van der Waals surface area contributed by atoms with Gasteiger partial charge in [-0.05, 0) is 23.8 Å². The first-order chi connectivity index (χ1) is 10.6. The van der Waals surface area contributed by atoms with Gasteiger partial charge in [-0.2, -0.15) is 0 Å². The van der Waals surface area contributed by atoms with Gasteiger partial charge in [-0.25, -0.2) is 5.84 Å². The lowest BCUT2D eigenvalue weighted by molar-refractivity contribution is -0.109. The molecule has 0 aliphatic carbocycles. The summed E-state index contributed by atoms with van der Waals surface area (Å²) in [5.74, 6) is 4.41. The first kappa shape index (κ1) is 18.2. The van der Waals surface area contributed by atoms with E-state index in [9.17, 15) is 0 Å². The zero-order chi connectivity index (χ0) is 16.4. The molecule has 0 saturated carbocycles. The number of nitrogens with two attached hydrogens (primary N) is 1. The average molecular weight is 383 g/mol. The summed E-state index contributed by atoms with van der Waals surface area (Å²) in [6.07, 6.45) is 4.47. The molecule has 0 radical (unpaired) electrons. The van der Waals surface area contributed by atoms with Crippen LogP contribution in [0.15, 0.2) is 46.9 Å². The van der Waals surface area contributed by atoms with Crippen LogP contribution in [-0.4, -0.2) is 13.5 Å². The molecule has 0 aliphatic heterocycles. The molecule has 116 valence electrons. The predicted molar refractivity (Wildman–Crippen MR) is 97.5 cm³/mol. The molecule has 1 amide bonds. The summed E-state index contributed by atoms with van der Waals surface area (Å²) in [5, 5.41) is 3.93. The van der Waals surface area contributed by atoms with Crippen LogP contribution in [0.5, 0.6) is 0 Å². The largest absolute Gasteiger partial charge is 0.388 e. The van der Waals surface area contributed by atoms with Gasteiger partial charge >= 0.3 is 0 Å². The Morgan fingerprint density at radius 1 is 1.14 bits per heavy atom. The second-order valence-corrected chi connectivity index (χ2v) is 5.35. The molecule has 0 unspecified atom stereocenters. The van der Waals surface area contributed by atoms with Gasteiger partial charge in [0, 0.05) is 27.8 Å². The summed E-state index contributed by atoms with van der Waals surface area (Å²) in [5.41, 5.74) is 4.95. The quantitative estimate of drug-likeness (QED) is 0.247. The fourth-order valence-corrected chi connectivity index (χ4v) is 2.40. The minimum Gasteiger partial charge on any atom is -0.388 e. The molecule has 0 heterocycles. The van der Waals surface area contributed by atoms with E-state index >= 15 is 0 Å². The lowest BCUT2D eigenvalue weighted by Crippen LogP contribution is -2.18. The summed E-state index contributed by atoms with van der Waals surface area (Å²) in [4.78, 5) is 8.94. The molecule has 2 rings (SSSR count). The molecule has 0 fully saturated rings. The molecule has 6 heteroatoms. The molecule has 0 atom stereocenters. The van der Waals surface area contributed by atoms with Gasteiger partial charge in [-0.15, -0.1) is 0 Å². The zero-order valence-electron chi connectivity index (χ0n) is 12.0. The Morgan fingerprint density at radius 3 is 2.41 bits per heavy atom. The fraction of sp³-hybridized carbons (Fsp3) is 0.0625. The Kier molecular flexibility index (Phi) is 8.28. The molecular weight excluding hydrogens is 366 g/mol. The lowest BCUT2D eigenvalue weighted by Gasteiger charge is -2.07. The maximum absolute atomic E-state index is 8.94. The molecule has 2 aromatic carbocycles. The molecular formula is C16H17BrClN3O. The van der Waals surface area contributed by atoms with E-state index in [1.165, 1.54) is 0 Å². The van der Waals surface area contributed by atoms with Crippen LogP contribution in [0, 0.1) is 0 Å². The molecule has 0 aromatic heterocycles. The third kappa shape index (κ3) is 5.52. The Hall–Kier alpha value is -1.82. The molecule has 0 aliphatic rings. The number of halogens is 2. The van der Waals surface area contributed by atoms with E-state index in [2.05, 4.69) is 33.2 Å². The monoisotopic (exact) mass is 381 g/mol. The second kappa shape index (κ2) is 10.00. The highest BCUT2D eigenvalue weighted by atomic mass is 79.9. The van der Waals surface area contributed by atoms with Gasteiger partial charge in [0.2, 0.25) is 6.41 Å². The molecule has 0 spiro atoms. The molecule has 2 aromatic rings. The molecule has 22 heavy (non-hydrogen) atoms. The van der Waals surface area contributed by atoms with Gasteiger partial charge in [-0.3, -0.25) is 10.2 Å². The third-order valence-electron chi connectivity index (χ3n) is 2.73. The number of rotatable bonds is 4. The smallest absolute Gasteiger partial charge is 0.221 e. The average Bonchev–Trinajstić information content (AvgIpc) is 2.55. The Labute approximate surface area is 143 Å². The molecule has 0 saturated heterocycles. The number of hydrogen-bond acceptors (Lipinski definition) is 3. The number of carbonyl (C=O) groups excluding carboxylic acids is 1. The zero-order valence-corrected chi connectivity index (χ0v) is 14.4. The summed E-state index contributed by atoms with van der Waals surface area (Å²) in [6.45, 7) is 0. The van der Waals surface area contributed by atoms with Gasteiger partial charge < -0.3 is 5.32 Å². The first-order valence-electron chi connectivity index (χ1n) is 6.42. The second-order valence-electron chi connectivity index (χ2n) is 4.09. The van der Waals surface area contributed by atoms with Crippen LogP contribution in [0.2, 0.25) is 5.02 Å². The van der Waals surface area contributed by atoms with Crippen LogP contribution in [0.3, 0.4) is 0 Å². The van der Waals surface area contributed by atoms with Crippen molar-refractivity contribution in [3.8, 4) is 0 Å². The summed E-state index contributed by atoms with van der Waals surface area (Å²) in [7, 11) is 1.91. The van der Waals surface area contributed by atoms with E-state index in [1.807, 2.05) is 55.6 Å². The Morgan fingerprint density at radius 2 is 1.82 bits per heavy atom. The van der Waals surface area contributed by atoms with Crippen molar-refractivity contribution < 1.29 is 4.79 Å². The third-order valence-corrected chi connectivity index (χ3v) is 3.76. The van der Waals surface area contributed by atoms with Crippen LogP contribution in [0.4, 0.5) is 5.69 Å². The minimum absolute atomic E-state index is 0.403. The maximum Gasteiger partial charge on any atom is 0.221 e. The summed E-state index contributed by atoms with van der Waals surface area (Å²) < 4.78 is 1.05. The topological polar surface area (TPSA) is 67.2 Å². The van der Waals surface area contributed by atoms with E-state index in [4.69, 9.17) is 16.4 Å². The maximum atomic E-state index is 8.94. The lowest BCUT2D eigenvalue weighted by atomic mass is 10.1. The standard InChI is InChI=1S/C15H13BrClN.CH4N2O/c1-18-15-8-4-6-13(16)12(15)10-9-11-5-2-3-7-14(11)17;2-3-1-4/h2-10,18H,1H3;1H,2H2,(H,3,4)/b10-9+;. The van der Waals surface area contributed by atoms with Crippen molar-refractivity contribution in [2.75, 3.05) is 12.4 Å². The van der Waals surface area contributed by atoms with Gasteiger partial charge in [0.15, 0.2) is 0 Å². The Balaban J connectivity index is 0.000000541. The van der Waals surface area contributed by atoms with Crippen molar-refractivity contribution >= 4 is 51.8 Å².